The largest absolute Gasteiger partial charge is 0.419 e. The van der Waals surface area contributed by atoms with Crippen molar-refractivity contribution in [1.29, 1.82) is 5.26 Å². The number of alkyl halides is 3. The lowest BCUT2D eigenvalue weighted by Crippen LogP contribution is -2.39. The number of hydrogen-bond acceptors (Lipinski definition) is 3. The molecule has 0 unspecified atom stereocenters. The number of benzene rings is 3. The Morgan fingerprint density at radius 2 is 1.68 bits per heavy atom. The van der Waals surface area contributed by atoms with Crippen LogP contribution in [0.5, 0.6) is 0 Å². The Labute approximate surface area is 194 Å². The number of carbonyl (C=O) groups is 1. The van der Waals surface area contributed by atoms with E-state index < -0.39 is 23.6 Å². The minimum absolute atomic E-state index is 0.0877. The smallest absolute Gasteiger partial charge is 0.308 e. The molecule has 0 spiro atoms. The van der Waals surface area contributed by atoms with Crippen molar-refractivity contribution in [3.63, 3.8) is 0 Å². The second kappa shape index (κ2) is 10.4. The zero-order chi connectivity index (χ0) is 24.9. The molecule has 0 aliphatic carbocycles. The molecule has 2 amide bonds. The summed E-state index contributed by atoms with van der Waals surface area (Å²) in [6.45, 7) is 0.798. The van der Waals surface area contributed by atoms with Gasteiger partial charge in [0.1, 0.15) is 5.82 Å². The number of halogens is 4. The Hall–Kier alpha value is -3.90. The normalized spacial score (nSPS) is 11.2. The summed E-state index contributed by atoms with van der Waals surface area (Å²) in [4.78, 5) is 16.3. The first-order chi connectivity index (χ1) is 16.1. The molecule has 0 atom stereocenters. The number of anilines is 2. The molecule has 0 aromatic heterocycles. The van der Waals surface area contributed by atoms with Gasteiger partial charge in [-0.1, -0.05) is 24.3 Å². The fourth-order valence-electron chi connectivity index (χ4n) is 3.26. The fraction of sp³-hybridized carbons (Fsp3) is 0.200. The molecular weight excluding hydrogens is 448 g/mol. The van der Waals surface area contributed by atoms with Gasteiger partial charge in [0, 0.05) is 24.5 Å². The van der Waals surface area contributed by atoms with Gasteiger partial charge in [-0.3, -0.25) is 4.90 Å². The lowest BCUT2D eigenvalue weighted by atomic mass is 10.0. The Morgan fingerprint density at radius 1 is 0.971 bits per heavy atom. The summed E-state index contributed by atoms with van der Waals surface area (Å²) in [5.41, 5.74) is 1.28. The molecule has 34 heavy (non-hydrogen) atoms. The van der Waals surface area contributed by atoms with Crippen LogP contribution >= 0.6 is 0 Å². The van der Waals surface area contributed by atoms with Crippen molar-refractivity contribution in [3.05, 3.63) is 83.7 Å². The lowest BCUT2D eigenvalue weighted by molar-refractivity contribution is -0.139. The van der Waals surface area contributed by atoms with E-state index in [9.17, 15) is 22.4 Å². The maximum Gasteiger partial charge on any atom is 0.419 e. The van der Waals surface area contributed by atoms with Crippen molar-refractivity contribution >= 4 is 17.4 Å². The summed E-state index contributed by atoms with van der Waals surface area (Å²) in [5.74, 6) is -1.46. The maximum atomic E-state index is 13.9. The molecule has 0 saturated carbocycles. The van der Waals surface area contributed by atoms with Crippen LogP contribution in [0.2, 0.25) is 0 Å². The molecule has 0 aliphatic rings. The molecule has 0 fully saturated rings. The van der Waals surface area contributed by atoms with Gasteiger partial charge in [-0.2, -0.15) is 18.4 Å². The Bertz CT molecular complexity index is 1200. The molecule has 1 N–H and O–H groups in total. The van der Waals surface area contributed by atoms with E-state index in [1.165, 1.54) is 4.90 Å². The minimum atomic E-state index is -4.82. The first-order valence-electron chi connectivity index (χ1n) is 10.3. The standard InChI is InChI=1S/C25H22F4N4O/c1-32(2)12-13-33(24(34)31-20-8-11-22(23(26)15-20)25(27,28)29)21-9-6-18(7-10-21)19-5-3-4-17(14-19)16-30/h3-11,14-15H,12-13H2,1-2H3,(H,31,34). The monoisotopic (exact) mass is 470 g/mol. The minimum Gasteiger partial charge on any atom is -0.308 e. The molecule has 5 nitrogen and oxygen atoms in total. The van der Waals surface area contributed by atoms with E-state index in [1.54, 1.807) is 42.5 Å². The zero-order valence-electron chi connectivity index (χ0n) is 18.5. The number of likely N-dealkylation sites (N-methyl/N-ethyl adjacent to an activating group) is 1. The highest BCUT2D eigenvalue weighted by Gasteiger charge is 2.34. The van der Waals surface area contributed by atoms with Gasteiger partial charge in [0.15, 0.2) is 0 Å². The maximum absolute atomic E-state index is 13.9. The van der Waals surface area contributed by atoms with E-state index in [0.29, 0.717) is 29.9 Å². The topological polar surface area (TPSA) is 59.4 Å². The van der Waals surface area contributed by atoms with Crippen molar-refractivity contribution in [3.8, 4) is 17.2 Å². The van der Waals surface area contributed by atoms with Gasteiger partial charge in [-0.05, 0) is 67.7 Å². The Kier molecular flexibility index (Phi) is 7.54. The zero-order valence-corrected chi connectivity index (χ0v) is 18.5. The van der Waals surface area contributed by atoms with Crippen molar-refractivity contribution in [2.75, 3.05) is 37.4 Å². The summed E-state index contributed by atoms with van der Waals surface area (Å²) in [5, 5.41) is 11.6. The van der Waals surface area contributed by atoms with E-state index in [2.05, 4.69) is 11.4 Å². The van der Waals surface area contributed by atoms with E-state index in [-0.39, 0.29) is 12.2 Å². The van der Waals surface area contributed by atoms with Crippen LogP contribution in [0.25, 0.3) is 11.1 Å². The average molecular weight is 470 g/mol. The highest BCUT2D eigenvalue weighted by Crippen LogP contribution is 2.32. The van der Waals surface area contributed by atoms with Crippen LogP contribution in [0, 0.1) is 17.1 Å². The molecule has 9 heteroatoms. The number of nitrogens with one attached hydrogen (secondary N) is 1. The predicted molar refractivity (Wildman–Crippen MR) is 123 cm³/mol. The highest BCUT2D eigenvalue weighted by atomic mass is 19.4. The van der Waals surface area contributed by atoms with Crippen molar-refractivity contribution in [2.24, 2.45) is 0 Å². The summed E-state index contributed by atoms with van der Waals surface area (Å²) < 4.78 is 52.4. The highest BCUT2D eigenvalue weighted by molar-refractivity contribution is 6.01. The number of amides is 2. The Morgan fingerprint density at radius 3 is 2.26 bits per heavy atom. The van der Waals surface area contributed by atoms with Crippen LogP contribution in [0.1, 0.15) is 11.1 Å². The number of carbonyl (C=O) groups excluding carboxylic acids is 1. The van der Waals surface area contributed by atoms with Gasteiger partial charge >= 0.3 is 12.2 Å². The fourth-order valence-corrected chi connectivity index (χ4v) is 3.26. The molecule has 0 saturated heterocycles. The number of nitrogens with zero attached hydrogens (tertiary/aromatic N) is 3. The van der Waals surface area contributed by atoms with Crippen molar-refractivity contribution in [1.82, 2.24) is 4.90 Å². The molecule has 0 radical (unpaired) electrons. The number of nitriles is 1. The molecule has 0 heterocycles. The van der Waals surface area contributed by atoms with Gasteiger partial charge in [-0.25, -0.2) is 9.18 Å². The SMILES string of the molecule is CN(C)CCN(C(=O)Nc1ccc(C(F)(F)F)c(F)c1)c1ccc(-c2cccc(C#N)c2)cc1. The summed E-state index contributed by atoms with van der Waals surface area (Å²) >= 11 is 0. The first kappa shape index (κ1) is 24.7. The van der Waals surface area contributed by atoms with Crippen LogP contribution in [-0.2, 0) is 6.18 Å². The third-order valence-corrected chi connectivity index (χ3v) is 5.05. The summed E-state index contributed by atoms with van der Waals surface area (Å²) in [6, 6.07) is 17.9. The predicted octanol–water partition coefficient (Wildman–Crippen LogP) is 5.98. The van der Waals surface area contributed by atoms with Crippen LogP contribution < -0.4 is 10.2 Å². The van der Waals surface area contributed by atoms with Gasteiger partial charge in [-0.15, -0.1) is 0 Å². The second-order valence-electron chi connectivity index (χ2n) is 7.82. The van der Waals surface area contributed by atoms with E-state index in [1.807, 2.05) is 25.1 Å². The third-order valence-electron chi connectivity index (χ3n) is 5.05. The molecule has 176 valence electrons. The van der Waals surface area contributed by atoms with Crippen LogP contribution in [0.15, 0.2) is 66.7 Å². The first-order valence-corrected chi connectivity index (χ1v) is 10.3. The molecular formula is C25H22F4N4O. The van der Waals surface area contributed by atoms with Gasteiger partial charge in [0.2, 0.25) is 0 Å². The molecule has 3 rings (SSSR count). The summed E-state index contributed by atoms with van der Waals surface area (Å²) in [6.07, 6.45) is -4.82. The van der Waals surface area contributed by atoms with Crippen molar-refractivity contribution in [2.45, 2.75) is 6.18 Å². The number of urea groups is 1. The van der Waals surface area contributed by atoms with E-state index in [0.717, 1.165) is 17.2 Å². The average Bonchev–Trinajstić information content (AvgIpc) is 2.78. The van der Waals surface area contributed by atoms with Crippen LogP contribution in [0.4, 0.5) is 33.7 Å². The lowest BCUT2D eigenvalue weighted by Gasteiger charge is -2.25. The van der Waals surface area contributed by atoms with Crippen LogP contribution in [0.3, 0.4) is 0 Å². The van der Waals surface area contributed by atoms with Gasteiger partial charge in [0.05, 0.1) is 17.2 Å². The quantitative estimate of drug-likeness (QED) is 0.451. The van der Waals surface area contributed by atoms with Gasteiger partial charge < -0.3 is 10.2 Å². The Balaban J connectivity index is 1.84. The number of hydrogen-bond donors (Lipinski definition) is 1. The third kappa shape index (κ3) is 6.11. The van der Waals surface area contributed by atoms with Crippen molar-refractivity contribution < 1.29 is 22.4 Å². The number of rotatable bonds is 6. The molecule has 3 aromatic rings. The van der Waals surface area contributed by atoms with E-state index >= 15 is 0 Å². The second-order valence-corrected chi connectivity index (χ2v) is 7.82. The van der Waals surface area contributed by atoms with E-state index in [4.69, 9.17) is 5.26 Å². The molecule has 0 aliphatic heterocycles. The van der Waals surface area contributed by atoms with Crippen LogP contribution in [-0.4, -0.2) is 38.1 Å². The van der Waals surface area contributed by atoms with Gasteiger partial charge in [0.25, 0.3) is 0 Å². The molecule has 3 aromatic carbocycles. The summed E-state index contributed by atoms with van der Waals surface area (Å²) in [7, 11) is 3.68. The molecule has 0 bridgehead atoms.